The van der Waals surface area contributed by atoms with Gasteiger partial charge in [-0.3, -0.25) is 4.79 Å². The van der Waals surface area contributed by atoms with E-state index in [2.05, 4.69) is 5.32 Å². The first-order chi connectivity index (χ1) is 12.1. The number of sulfonamides is 1. The molecule has 0 aliphatic heterocycles. The average Bonchev–Trinajstić information content (AvgIpc) is 2.58. The summed E-state index contributed by atoms with van der Waals surface area (Å²) in [5, 5.41) is 2.72. The monoisotopic (exact) mass is 376 g/mol. The van der Waals surface area contributed by atoms with Crippen LogP contribution in [0.2, 0.25) is 0 Å². The Bertz CT molecular complexity index is 921. The van der Waals surface area contributed by atoms with E-state index in [4.69, 9.17) is 4.74 Å². The molecule has 2 aromatic carbocycles. The molecule has 0 saturated heterocycles. The van der Waals surface area contributed by atoms with E-state index >= 15 is 0 Å². The predicted molar refractivity (Wildman–Crippen MR) is 102 cm³/mol. The molecule has 0 fully saturated rings. The summed E-state index contributed by atoms with van der Waals surface area (Å²) in [5.74, 6) is 0.300. The van der Waals surface area contributed by atoms with Crippen LogP contribution in [0, 0.1) is 20.8 Å². The molecule has 7 heteroatoms. The Morgan fingerprint density at radius 2 is 1.77 bits per heavy atom. The van der Waals surface area contributed by atoms with E-state index in [1.165, 1.54) is 26.2 Å². The number of amides is 1. The third-order valence-corrected chi connectivity index (χ3v) is 5.99. The van der Waals surface area contributed by atoms with E-state index in [0.29, 0.717) is 11.4 Å². The number of hydrogen-bond acceptors (Lipinski definition) is 4. The number of nitrogens with one attached hydrogen (secondary N) is 1. The van der Waals surface area contributed by atoms with Crippen LogP contribution in [0.4, 0.5) is 5.69 Å². The molecular formula is C19H24N2O4S. The van der Waals surface area contributed by atoms with Gasteiger partial charge < -0.3 is 10.1 Å². The van der Waals surface area contributed by atoms with Gasteiger partial charge in [0.15, 0.2) is 6.61 Å². The zero-order valence-corrected chi connectivity index (χ0v) is 16.5. The van der Waals surface area contributed by atoms with Gasteiger partial charge in [-0.05, 0) is 55.7 Å². The topological polar surface area (TPSA) is 75.7 Å². The van der Waals surface area contributed by atoms with Crippen LogP contribution in [-0.2, 0) is 14.8 Å². The molecular weight excluding hydrogens is 352 g/mol. The fraction of sp³-hybridized carbons (Fsp3) is 0.316. The molecule has 0 aliphatic rings. The van der Waals surface area contributed by atoms with E-state index in [1.807, 2.05) is 32.0 Å². The van der Waals surface area contributed by atoms with Gasteiger partial charge in [0.25, 0.3) is 5.91 Å². The van der Waals surface area contributed by atoms with E-state index in [1.54, 1.807) is 13.0 Å². The van der Waals surface area contributed by atoms with Gasteiger partial charge in [0, 0.05) is 19.8 Å². The number of aryl methyl sites for hydroxylation is 2. The van der Waals surface area contributed by atoms with Crippen LogP contribution in [0.25, 0.3) is 0 Å². The van der Waals surface area contributed by atoms with E-state index in [-0.39, 0.29) is 17.4 Å². The van der Waals surface area contributed by atoms with E-state index < -0.39 is 10.0 Å². The minimum Gasteiger partial charge on any atom is -0.483 e. The lowest BCUT2D eigenvalue weighted by molar-refractivity contribution is -0.118. The summed E-state index contributed by atoms with van der Waals surface area (Å²) in [4.78, 5) is 12.4. The molecule has 0 spiro atoms. The second-order valence-electron chi connectivity index (χ2n) is 6.30. The zero-order valence-electron chi connectivity index (χ0n) is 15.7. The molecule has 0 unspecified atom stereocenters. The Balaban J connectivity index is 2.13. The molecule has 26 heavy (non-hydrogen) atoms. The van der Waals surface area contributed by atoms with Crippen molar-refractivity contribution in [3.05, 3.63) is 53.1 Å². The van der Waals surface area contributed by atoms with Crippen molar-refractivity contribution in [1.29, 1.82) is 0 Å². The van der Waals surface area contributed by atoms with Crippen LogP contribution in [0.3, 0.4) is 0 Å². The summed E-state index contributed by atoms with van der Waals surface area (Å²) in [7, 11) is -0.639. The first-order valence-corrected chi connectivity index (χ1v) is 9.59. The second kappa shape index (κ2) is 7.88. The summed E-state index contributed by atoms with van der Waals surface area (Å²) >= 11 is 0. The highest BCUT2D eigenvalue weighted by atomic mass is 32.2. The number of carbonyl (C=O) groups is 1. The number of nitrogens with zero attached hydrogens (tertiary/aromatic N) is 1. The lowest BCUT2D eigenvalue weighted by Crippen LogP contribution is -2.23. The Morgan fingerprint density at radius 3 is 2.42 bits per heavy atom. The van der Waals surface area contributed by atoms with Gasteiger partial charge in [0.05, 0.1) is 4.90 Å². The average molecular weight is 376 g/mol. The highest BCUT2D eigenvalue weighted by Gasteiger charge is 2.18. The standard InChI is InChI=1S/C19H24N2O4S/c1-13-7-6-8-18(15(13)3)25-12-19(22)20-17-11-16(10-9-14(17)2)26(23,24)21(4)5/h6-11H,12H2,1-5H3,(H,20,22). The van der Waals surface area contributed by atoms with Gasteiger partial charge in [-0.25, -0.2) is 12.7 Å². The van der Waals surface area contributed by atoms with Crippen molar-refractivity contribution in [2.75, 3.05) is 26.0 Å². The largest absolute Gasteiger partial charge is 0.483 e. The fourth-order valence-electron chi connectivity index (χ4n) is 2.32. The molecule has 2 aromatic rings. The van der Waals surface area contributed by atoms with Crippen molar-refractivity contribution in [2.45, 2.75) is 25.7 Å². The number of anilines is 1. The molecule has 140 valence electrons. The maximum Gasteiger partial charge on any atom is 0.262 e. The van der Waals surface area contributed by atoms with Gasteiger partial charge in [-0.2, -0.15) is 0 Å². The first-order valence-electron chi connectivity index (χ1n) is 8.15. The minimum atomic E-state index is -3.57. The van der Waals surface area contributed by atoms with Gasteiger partial charge in [-0.1, -0.05) is 18.2 Å². The normalized spacial score (nSPS) is 11.5. The number of hydrogen-bond donors (Lipinski definition) is 1. The summed E-state index contributed by atoms with van der Waals surface area (Å²) in [5.41, 5.74) is 3.28. The van der Waals surface area contributed by atoms with Gasteiger partial charge >= 0.3 is 0 Å². The summed E-state index contributed by atoms with van der Waals surface area (Å²) in [6.07, 6.45) is 0. The van der Waals surface area contributed by atoms with Crippen molar-refractivity contribution in [1.82, 2.24) is 4.31 Å². The van der Waals surface area contributed by atoms with E-state index in [0.717, 1.165) is 21.0 Å². The van der Waals surface area contributed by atoms with Crippen LogP contribution >= 0.6 is 0 Å². The van der Waals surface area contributed by atoms with Gasteiger partial charge in [0.2, 0.25) is 10.0 Å². The lowest BCUT2D eigenvalue weighted by atomic mass is 10.1. The predicted octanol–water partition coefficient (Wildman–Crippen LogP) is 2.88. The molecule has 0 radical (unpaired) electrons. The Kier molecular flexibility index (Phi) is 6.05. The molecule has 0 saturated carbocycles. The maximum atomic E-state index is 12.2. The molecule has 0 heterocycles. The van der Waals surface area contributed by atoms with Crippen LogP contribution in [0.1, 0.15) is 16.7 Å². The molecule has 2 rings (SSSR count). The SMILES string of the molecule is Cc1ccc(S(=O)(=O)N(C)C)cc1NC(=O)COc1cccc(C)c1C. The molecule has 0 aliphatic carbocycles. The first kappa shape index (κ1) is 19.9. The van der Waals surface area contributed by atoms with Crippen LogP contribution in [-0.4, -0.2) is 39.3 Å². The van der Waals surface area contributed by atoms with Gasteiger partial charge in [0.1, 0.15) is 5.75 Å². The second-order valence-corrected chi connectivity index (χ2v) is 8.45. The number of ether oxygens (including phenoxy) is 1. The number of rotatable bonds is 6. The highest BCUT2D eigenvalue weighted by molar-refractivity contribution is 7.89. The third-order valence-electron chi connectivity index (χ3n) is 4.18. The van der Waals surface area contributed by atoms with Crippen molar-refractivity contribution in [2.24, 2.45) is 0 Å². The van der Waals surface area contributed by atoms with Crippen molar-refractivity contribution < 1.29 is 17.9 Å². The zero-order chi connectivity index (χ0) is 19.5. The minimum absolute atomic E-state index is 0.124. The fourth-order valence-corrected chi connectivity index (χ4v) is 3.25. The van der Waals surface area contributed by atoms with E-state index in [9.17, 15) is 13.2 Å². The van der Waals surface area contributed by atoms with Gasteiger partial charge in [-0.15, -0.1) is 0 Å². The number of benzene rings is 2. The van der Waals surface area contributed by atoms with Crippen molar-refractivity contribution >= 4 is 21.6 Å². The Hall–Kier alpha value is -2.38. The van der Waals surface area contributed by atoms with Crippen LogP contribution in [0.5, 0.6) is 5.75 Å². The molecule has 1 N–H and O–H groups in total. The molecule has 6 nitrogen and oxygen atoms in total. The smallest absolute Gasteiger partial charge is 0.262 e. The molecule has 0 atom stereocenters. The van der Waals surface area contributed by atoms with Crippen LogP contribution < -0.4 is 10.1 Å². The Morgan fingerprint density at radius 1 is 1.08 bits per heavy atom. The summed E-state index contributed by atoms with van der Waals surface area (Å²) in [6.45, 7) is 5.55. The maximum absolute atomic E-state index is 12.2. The third kappa shape index (κ3) is 4.42. The molecule has 0 bridgehead atoms. The molecule has 1 amide bonds. The van der Waals surface area contributed by atoms with Crippen molar-refractivity contribution in [3.63, 3.8) is 0 Å². The number of carbonyl (C=O) groups excluding carboxylic acids is 1. The summed E-state index contributed by atoms with van der Waals surface area (Å²) < 4.78 is 31.2. The Labute approximate surface area is 154 Å². The lowest BCUT2D eigenvalue weighted by Gasteiger charge is -2.15. The van der Waals surface area contributed by atoms with Crippen LogP contribution in [0.15, 0.2) is 41.3 Å². The van der Waals surface area contributed by atoms with Crippen molar-refractivity contribution in [3.8, 4) is 5.75 Å². The highest BCUT2D eigenvalue weighted by Crippen LogP contribution is 2.23. The molecule has 0 aromatic heterocycles. The quantitative estimate of drug-likeness (QED) is 0.841. The summed E-state index contributed by atoms with van der Waals surface area (Å²) in [6, 6.07) is 10.3.